The van der Waals surface area contributed by atoms with E-state index in [4.69, 9.17) is 11.5 Å². The highest BCUT2D eigenvalue weighted by Gasteiger charge is 2.30. The lowest BCUT2D eigenvalue weighted by Gasteiger charge is -2.25. The number of nitrogens with two attached hydrogens (primary N) is 2. The average molecular weight is 496 g/mol. The molecule has 34 heavy (non-hydrogen) atoms. The molecule has 0 radical (unpaired) electrons. The molecule has 0 saturated heterocycles. The summed E-state index contributed by atoms with van der Waals surface area (Å²) in [5.41, 5.74) is 11.4. The zero-order chi connectivity index (χ0) is 25.8. The molecule has 1 aromatic carbocycles. The lowest BCUT2D eigenvalue weighted by molar-refractivity contribution is -0.142. The molecule has 1 aromatic rings. The van der Waals surface area contributed by atoms with Gasteiger partial charge in [0.15, 0.2) is 0 Å². The first-order chi connectivity index (χ1) is 15.9. The van der Waals surface area contributed by atoms with E-state index in [1.807, 2.05) is 13.8 Å². The van der Waals surface area contributed by atoms with Gasteiger partial charge in [-0.3, -0.25) is 19.2 Å². The van der Waals surface area contributed by atoms with Gasteiger partial charge in [0, 0.05) is 12.2 Å². The van der Waals surface area contributed by atoms with Crippen LogP contribution in [0.2, 0.25) is 0 Å². The Hall–Kier alpha value is -3.12. The van der Waals surface area contributed by atoms with Crippen molar-refractivity contribution in [2.24, 2.45) is 17.4 Å². The number of carboxylic acid groups (broad SMARTS) is 1. The second-order valence-corrected chi connectivity index (χ2v) is 8.67. The molecule has 0 fully saturated rings. The molecule has 0 spiro atoms. The molecule has 0 bridgehead atoms. The predicted octanol–water partition coefficient (Wildman–Crippen LogP) is -1.05. The van der Waals surface area contributed by atoms with Crippen LogP contribution in [0.1, 0.15) is 32.3 Å². The molecule has 4 amide bonds. The Balaban J connectivity index is 2.87. The number of benzene rings is 1. The molecule has 0 heterocycles. The molecule has 4 atom stereocenters. The summed E-state index contributed by atoms with van der Waals surface area (Å²) in [6.07, 6.45) is -0.103. The number of hydrogen-bond donors (Lipinski definition) is 7. The van der Waals surface area contributed by atoms with Crippen molar-refractivity contribution in [1.29, 1.82) is 0 Å². The van der Waals surface area contributed by atoms with Crippen LogP contribution in [-0.2, 0) is 30.4 Å². The van der Waals surface area contributed by atoms with Crippen molar-refractivity contribution in [2.75, 3.05) is 5.75 Å². The number of carboxylic acids is 1. The maximum absolute atomic E-state index is 12.9. The Morgan fingerprint density at radius 2 is 1.44 bits per heavy atom. The standard InChI is InChI=1S/C22H33N5O6S/c1-12(2)8-15(25-19(29)14(23)10-18(24)28)20(30)27-17(11-34)21(31)26-16(22(32)33)9-13-6-4-3-5-7-13/h3-7,12,14-17,34H,8-11,23H2,1-2H3,(H2,24,28)(H,25,29)(H,26,31)(H,27,30)(H,32,33). The minimum absolute atomic E-state index is 0.00560. The van der Waals surface area contributed by atoms with Gasteiger partial charge in [0.25, 0.3) is 0 Å². The van der Waals surface area contributed by atoms with Gasteiger partial charge in [-0.15, -0.1) is 0 Å². The summed E-state index contributed by atoms with van der Waals surface area (Å²) < 4.78 is 0. The van der Waals surface area contributed by atoms with Crippen LogP contribution in [0.5, 0.6) is 0 Å². The Labute approximate surface area is 203 Å². The molecule has 188 valence electrons. The van der Waals surface area contributed by atoms with Gasteiger partial charge >= 0.3 is 5.97 Å². The fourth-order valence-electron chi connectivity index (χ4n) is 3.08. The molecule has 0 aliphatic carbocycles. The maximum atomic E-state index is 12.9. The van der Waals surface area contributed by atoms with Gasteiger partial charge in [-0.2, -0.15) is 12.6 Å². The van der Waals surface area contributed by atoms with E-state index in [2.05, 4.69) is 28.6 Å². The third-order valence-electron chi connectivity index (χ3n) is 4.81. The fraction of sp³-hybridized carbons (Fsp3) is 0.500. The molecule has 0 aliphatic rings. The number of rotatable bonds is 14. The number of carbonyl (C=O) groups excluding carboxylic acids is 4. The summed E-state index contributed by atoms with van der Waals surface area (Å²) in [6, 6.07) is 4.14. The molecule has 0 aliphatic heterocycles. The van der Waals surface area contributed by atoms with Crippen molar-refractivity contribution >= 4 is 42.2 Å². The number of thiol groups is 1. The molecule has 0 aromatic heterocycles. The first-order valence-electron chi connectivity index (χ1n) is 10.8. The van der Waals surface area contributed by atoms with Gasteiger partial charge in [0.2, 0.25) is 23.6 Å². The SMILES string of the molecule is CC(C)CC(NC(=O)C(N)CC(N)=O)C(=O)NC(CS)C(=O)NC(Cc1ccccc1)C(=O)O. The van der Waals surface area contributed by atoms with E-state index >= 15 is 0 Å². The second-order valence-electron chi connectivity index (χ2n) is 8.30. The molecule has 1 rings (SSSR count). The topological polar surface area (TPSA) is 194 Å². The van der Waals surface area contributed by atoms with Crippen molar-refractivity contribution in [3.8, 4) is 0 Å². The van der Waals surface area contributed by atoms with Crippen molar-refractivity contribution in [3.63, 3.8) is 0 Å². The summed E-state index contributed by atoms with van der Waals surface area (Å²) in [7, 11) is 0. The van der Waals surface area contributed by atoms with Crippen molar-refractivity contribution < 1.29 is 29.1 Å². The van der Waals surface area contributed by atoms with Crippen molar-refractivity contribution in [3.05, 3.63) is 35.9 Å². The smallest absolute Gasteiger partial charge is 0.326 e. The highest BCUT2D eigenvalue weighted by Crippen LogP contribution is 2.08. The number of amides is 4. The van der Waals surface area contributed by atoms with E-state index in [9.17, 15) is 29.1 Å². The number of carbonyl (C=O) groups is 5. The average Bonchev–Trinajstić information content (AvgIpc) is 2.75. The van der Waals surface area contributed by atoms with E-state index in [0.717, 1.165) is 0 Å². The van der Waals surface area contributed by atoms with Crippen molar-refractivity contribution in [2.45, 2.75) is 57.3 Å². The zero-order valence-electron chi connectivity index (χ0n) is 19.2. The van der Waals surface area contributed by atoms with Gasteiger partial charge in [-0.1, -0.05) is 44.2 Å². The molecule has 8 N–H and O–H groups in total. The van der Waals surface area contributed by atoms with E-state index in [1.165, 1.54) is 0 Å². The van der Waals surface area contributed by atoms with Crippen LogP contribution in [0, 0.1) is 5.92 Å². The molecule has 4 unspecified atom stereocenters. The van der Waals surface area contributed by atoms with E-state index in [-0.39, 0.29) is 30.9 Å². The monoisotopic (exact) mass is 495 g/mol. The van der Waals surface area contributed by atoms with Crippen LogP contribution in [0.15, 0.2) is 30.3 Å². The number of hydrogen-bond acceptors (Lipinski definition) is 7. The normalized spacial score (nSPS) is 14.4. The molecular weight excluding hydrogens is 462 g/mol. The Morgan fingerprint density at radius 1 is 0.912 bits per heavy atom. The van der Waals surface area contributed by atoms with Crippen LogP contribution in [0.3, 0.4) is 0 Å². The highest BCUT2D eigenvalue weighted by atomic mass is 32.1. The third kappa shape index (κ3) is 10.2. The van der Waals surface area contributed by atoms with Gasteiger partial charge in [0.05, 0.1) is 12.5 Å². The van der Waals surface area contributed by atoms with Gasteiger partial charge < -0.3 is 32.5 Å². The number of nitrogens with one attached hydrogen (secondary N) is 3. The minimum atomic E-state index is -1.23. The lowest BCUT2D eigenvalue weighted by Crippen LogP contribution is -2.58. The summed E-state index contributed by atoms with van der Waals surface area (Å²) in [5.74, 6) is -4.24. The van der Waals surface area contributed by atoms with E-state index in [0.29, 0.717) is 5.56 Å². The quantitative estimate of drug-likeness (QED) is 0.160. The second kappa shape index (κ2) is 14.2. The van der Waals surface area contributed by atoms with Crippen LogP contribution in [-0.4, -0.2) is 64.6 Å². The minimum Gasteiger partial charge on any atom is -0.480 e. The molecule has 12 heteroatoms. The van der Waals surface area contributed by atoms with Gasteiger partial charge in [0.1, 0.15) is 18.1 Å². The largest absolute Gasteiger partial charge is 0.480 e. The van der Waals surface area contributed by atoms with Gasteiger partial charge in [-0.25, -0.2) is 4.79 Å². The summed E-state index contributed by atoms with van der Waals surface area (Å²) >= 11 is 4.10. The molecular formula is C22H33N5O6S. The van der Waals surface area contributed by atoms with E-state index < -0.39 is 53.8 Å². The highest BCUT2D eigenvalue weighted by molar-refractivity contribution is 7.80. The van der Waals surface area contributed by atoms with E-state index in [1.54, 1.807) is 30.3 Å². The first kappa shape index (κ1) is 28.9. The molecule has 0 saturated carbocycles. The molecule has 11 nitrogen and oxygen atoms in total. The summed E-state index contributed by atoms with van der Waals surface area (Å²) in [6.45, 7) is 3.67. The fourth-order valence-corrected chi connectivity index (χ4v) is 3.34. The van der Waals surface area contributed by atoms with Crippen LogP contribution in [0.4, 0.5) is 0 Å². The summed E-state index contributed by atoms with van der Waals surface area (Å²) in [5, 5.41) is 16.9. The number of aliphatic carboxylic acids is 1. The van der Waals surface area contributed by atoms with Crippen molar-refractivity contribution in [1.82, 2.24) is 16.0 Å². The third-order valence-corrected chi connectivity index (χ3v) is 5.18. The summed E-state index contributed by atoms with van der Waals surface area (Å²) in [4.78, 5) is 60.5. The maximum Gasteiger partial charge on any atom is 0.326 e. The predicted molar refractivity (Wildman–Crippen MR) is 129 cm³/mol. The zero-order valence-corrected chi connectivity index (χ0v) is 20.1. The van der Waals surface area contributed by atoms with Gasteiger partial charge in [-0.05, 0) is 17.9 Å². The lowest BCUT2D eigenvalue weighted by atomic mass is 10.0. The number of primary amides is 1. The van der Waals surface area contributed by atoms with Crippen LogP contribution < -0.4 is 27.4 Å². The Bertz CT molecular complexity index is 867. The van der Waals surface area contributed by atoms with Crippen LogP contribution in [0.25, 0.3) is 0 Å². The Morgan fingerprint density at radius 3 is 1.94 bits per heavy atom. The van der Waals surface area contributed by atoms with Crippen LogP contribution >= 0.6 is 12.6 Å². The first-order valence-corrected chi connectivity index (χ1v) is 11.4. The Kier molecular flexibility index (Phi) is 12.1.